The number of aromatic nitrogens is 5. The lowest BCUT2D eigenvalue weighted by Gasteiger charge is -2.13. The Balaban J connectivity index is 1.55. The average Bonchev–Trinajstić information content (AvgIpc) is 2.80. The van der Waals surface area contributed by atoms with Crippen molar-refractivity contribution >= 4 is 28.4 Å². The van der Waals surface area contributed by atoms with Crippen LogP contribution in [0.5, 0.6) is 0 Å². The summed E-state index contributed by atoms with van der Waals surface area (Å²) in [7, 11) is 0. The Morgan fingerprint density at radius 1 is 0.903 bits per heavy atom. The van der Waals surface area contributed by atoms with Gasteiger partial charge in [-0.1, -0.05) is 48.2 Å². The SMILES string of the molecule is O=c1c2cccnc2nc(SCc2cc(=O)n3ccccc3n2)n1Cc1ccccc1. The van der Waals surface area contributed by atoms with Crippen molar-refractivity contribution in [2.24, 2.45) is 0 Å². The summed E-state index contributed by atoms with van der Waals surface area (Å²) in [5, 5.41) is 1.01. The molecule has 0 saturated carbocycles. The molecular weight excluding hydrogens is 410 g/mol. The number of thioether (sulfide) groups is 1. The lowest BCUT2D eigenvalue weighted by Crippen LogP contribution is -2.24. The van der Waals surface area contributed by atoms with E-state index < -0.39 is 0 Å². The fourth-order valence-corrected chi connectivity index (χ4v) is 4.25. The van der Waals surface area contributed by atoms with Gasteiger partial charge < -0.3 is 0 Å². The number of hydrogen-bond acceptors (Lipinski definition) is 6. The maximum Gasteiger partial charge on any atom is 0.263 e. The van der Waals surface area contributed by atoms with Gasteiger partial charge in [0, 0.05) is 24.2 Å². The largest absolute Gasteiger partial charge is 0.282 e. The van der Waals surface area contributed by atoms with Gasteiger partial charge in [-0.3, -0.25) is 18.6 Å². The number of hydrogen-bond donors (Lipinski definition) is 0. The van der Waals surface area contributed by atoms with Gasteiger partial charge in [0.1, 0.15) is 5.65 Å². The summed E-state index contributed by atoms with van der Waals surface area (Å²) in [4.78, 5) is 39.0. The molecular formula is C23H17N5O2S. The van der Waals surface area contributed by atoms with Crippen LogP contribution in [0.3, 0.4) is 0 Å². The lowest BCUT2D eigenvalue weighted by molar-refractivity contribution is 0.656. The van der Waals surface area contributed by atoms with E-state index in [-0.39, 0.29) is 11.1 Å². The Kier molecular flexibility index (Phi) is 5.05. The maximum atomic E-state index is 13.2. The van der Waals surface area contributed by atoms with Crippen molar-refractivity contribution < 1.29 is 0 Å². The summed E-state index contributed by atoms with van der Waals surface area (Å²) >= 11 is 1.37. The molecule has 8 heteroatoms. The average molecular weight is 427 g/mol. The molecule has 0 N–H and O–H groups in total. The van der Waals surface area contributed by atoms with Gasteiger partial charge in [0.2, 0.25) is 0 Å². The van der Waals surface area contributed by atoms with E-state index in [2.05, 4.69) is 15.0 Å². The van der Waals surface area contributed by atoms with Gasteiger partial charge in [0.25, 0.3) is 11.1 Å². The molecule has 0 atom stereocenters. The Morgan fingerprint density at radius 2 is 1.74 bits per heavy atom. The predicted octanol–water partition coefficient (Wildman–Crippen LogP) is 3.14. The van der Waals surface area contributed by atoms with E-state index in [9.17, 15) is 9.59 Å². The lowest BCUT2D eigenvalue weighted by atomic mass is 10.2. The zero-order chi connectivity index (χ0) is 21.2. The van der Waals surface area contributed by atoms with Gasteiger partial charge in [0.15, 0.2) is 10.8 Å². The minimum Gasteiger partial charge on any atom is -0.282 e. The predicted molar refractivity (Wildman–Crippen MR) is 120 cm³/mol. The number of pyridine rings is 2. The Morgan fingerprint density at radius 3 is 2.61 bits per heavy atom. The molecule has 5 rings (SSSR count). The molecule has 0 amide bonds. The molecule has 0 aliphatic heterocycles. The molecule has 0 aliphatic carbocycles. The Bertz CT molecular complexity index is 1510. The van der Waals surface area contributed by atoms with Crippen LogP contribution >= 0.6 is 11.8 Å². The molecule has 7 nitrogen and oxygen atoms in total. The van der Waals surface area contributed by atoms with Crippen molar-refractivity contribution in [3.05, 3.63) is 111 Å². The van der Waals surface area contributed by atoms with Crippen LogP contribution in [-0.4, -0.2) is 23.9 Å². The second-order valence-electron chi connectivity index (χ2n) is 6.95. The maximum absolute atomic E-state index is 13.2. The van der Waals surface area contributed by atoms with Crippen molar-refractivity contribution in [3.63, 3.8) is 0 Å². The van der Waals surface area contributed by atoms with E-state index in [1.807, 2.05) is 36.4 Å². The van der Waals surface area contributed by atoms with E-state index >= 15 is 0 Å². The van der Waals surface area contributed by atoms with Gasteiger partial charge in [-0.05, 0) is 29.8 Å². The molecule has 0 saturated heterocycles. The van der Waals surface area contributed by atoms with E-state index in [0.29, 0.717) is 39.8 Å². The highest BCUT2D eigenvalue weighted by Crippen LogP contribution is 2.21. The van der Waals surface area contributed by atoms with Crippen LogP contribution in [0.1, 0.15) is 11.3 Å². The highest BCUT2D eigenvalue weighted by molar-refractivity contribution is 7.98. The highest BCUT2D eigenvalue weighted by atomic mass is 32.2. The Labute approximate surface area is 181 Å². The van der Waals surface area contributed by atoms with Crippen LogP contribution < -0.4 is 11.1 Å². The standard InChI is InChI=1S/C23H17N5O2S/c29-20-13-17(25-19-10-4-5-12-27(19)20)15-31-23-26-21-18(9-6-11-24-21)22(30)28(23)14-16-7-2-1-3-8-16/h1-13H,14-15H2. The molecule has 0 radical (unpaired) electrons. The van der Waals surface area contributed by atoms with Gasteiger partial charge in [0.05, 0.1) is 17.6 Å². The molecule has 0 aliphatic rings. The van der Waals surface area contributed by atoms with Crippen molar-refractivity contribution in [2.45, 2.75) is 17.5 Å². The normalized spacial score (nSPS) is 11.2. The van der Waals surface area contributed by atoms with Crippen LogP contribution in [0.4, 0.5) is 0 Å². The number of nitrogens with zero attached hydrogens (tertiary/aromatic N) is 5. The minimum absolute atomic E-state index is 0.143. The highest BCUT2D eigenvalue weighted by Gasteiger charge is 2.14. The van der Waals surface area contributed by atoms with Gasteiger partial charge in [-0.25, -0.2) is 15.0 Å². The minimum atomic E-state index is -0.143. The fraction of sp³-hybridized carbons (Fsp3) is 0.0870. The molecule has 0 fully saturated rings. The van der Waals surface area contributed by atoms with Crippen molar-refractivity contribution in [1.29, 1.82) is 0 Å². The zero-order valence-corrected chi connectivity index (χ0v) is 17.2. The van der Waals surface area contributed by atoms with Crippen molar-refractivity contribution in [2.75, 3.05) is 0 Å². The van der Waals surface area contributed by atoms with E-state index in [4.69, 9.17) is 0 Å². The van der Waals surface area contributed by atoms with Crippen molar-refractivity contribution in [1.82, 2.24) is 23.9 Å². The van der Waals surface area contributed by atoms with Crippen LogP contribution in [-0.2, 0) is 12.3 Å². The quantitative estimate of drug-likeness (QED) is 0.317. The summed E-state index contributed by atoms with van der Waals surface area (Å²) < 4.78 is 3.15. The molecule has 1 aromatic carbocycles. The van der Waals surface area contributed by atoms with E-state index in [1.165, 1.54) is 22.2 Å². The number of rotatable bonds is 5. The molecule has 4 heterocycles. The van der Waals surface area contributed by atoms with Gasteiger partial charge >= 0.3 is 0 Å². The topological polar surface area (TPSA) is 82.2 Å². The van der Waals surface area contributed by atoms with Gasteiger partial charge in [-0.15, -0.1) is 0 Å². The monoisotopic (exact) mass is 427 g/mol. The second kappa shape index (κ2) is 8.16. The Hall–Kier alpha value is -3.78. The number of benzene rings is 1. The first-order valence-electron chi connectivity index (χ1n) is 9.69. The van der Waals surface area contributed by atoms with Crippen LogP contribution in [0.15, 0.2) is 93.9 Å². The first-order valence-corrected chi connectivity index (χ1v) is 10.7. The third kappa shape index (κ3) is 3.85. The van der Waals surface area contributed by atoms with Crippen LogP contribution in [0.2, 0.25) is 0 Å². The first kappa shape index (κ1) is 19.2. The molecule has 4 aromatic heterocycles. The smallest absolute Gasteiger partial charge is 0.263 e. The second-order valence-corrected chi connectivity index (χ2v) is 7.89. The number of fused-ring (bicyclic) bond motifs is 2. The molecule has 0 bridgehead atoms. The van der Waals surface area contributed by atoms with E-state index in [1.54, 1.807) is 41.2 Å². The first-order chi connectivity index (χ1) is 15.2. The summed E-state index contributed by atoms with van der Waals surface area (Å²) in [6, 6.07) is 20.2. The van der Waals surface area contributed by atoms with Crippen LogP contribution in [0, 0.1) is 0 Å². The third-order valence-electron chi connectivity index (χ3n) is 4.85. The zero-order valence-electron chi connectivity index (χ0n) is 16.4. The summed E-state index contributed by atoms with van der Waals surface area (Å²) in [6.45, 7) is 0.396. The molecule has 5 aromatic rings. The fourth-order valence-electron chi connectivity index (χ4n) is 3.37. The van der Waals surface area contributed by atoms with Gasteiger partial charge in [-0.2, -0.15) is 0 Å². The molecule has 0 spiro atoms. The summed E-state index contributed by atoms with van der Waals surface area (Å²) in [5.74, 6) is 0.403. The van der Waals surface area contributed by atoms with Crippen LogP contribution in [0.25, 0.3) is 16.7 Å². The van der Waals surface area contributed by atoms with E-state index in [0.717, 1.165) is 5.56 Å². The molecule has 31 heavy (non-hydrogen) atoms. The summed E-state index contributed by atoms with van der Waals surface area (Å²) in [6.07, 6.45) is 3.31. The molecule has 0 unspecified atom stereocenters. The molecule has 152 valence electrons. The summed E-state index contributed by atoms with van der Waals surface area (Å²) in [5.41, 5.74) is 2.33. The third-order valence-corrected chi connectivity index (χ3v) is 5.86. The van der Waals surface area contributed by atoms with Crippen molar-refractivity contribution in [3.8, 4) is 0 Å².